The molecule has 2 rings (SSSR count). The lowest BCUT2D eigenvalue weighted by atomic mass is 9.79. The number of rotatable bonds is 2. The average Bonchev–Trinajstić information content (AvgIpc) is 2.40. The van der Waals surface area contributed by atoms with E-state index in [1.54, 1.807) is 6.07 Å². The van der Waals surface area contributed by atoms with Crippen molar-refractivity contribution in [2.45, 2.75) is 58.8 Å². The highest BCUT2D eigenvalue weighted by atomic mass is 35.5. The molecule has 0 aliphatic carbocycles. The second kappa shape index (κ2) is 6.69. The molecule has 0 heterocycles. The first-order chi connectivity index (χ1) is 10.9. The van der Waals surface area contributed by atoms with Gasteiger partial charge in [0.05, 0.1) is 10.0 Å². The third-order valence-electron chi connectivity index (χ3n) is 4.21. The van der Waals surface area contributed by atoms with Gasteiger partial charge in [-0.2, -0.15) is 0 Å². The molecule has 24 heavy (non-hydrogen) atoms. The minimum absolute atomic E-state index is 0.0544. The van der Waals surface area contributed by atoms with Crippen LogP contribution in [0.4, 0.5) is 4.39 Å². The molecule has 0 bridgehead atoms. The summed E-state index contributed by atoms with van der Waals surface area (Å²) >= 11 is 12.5. The van der Waals surface area contributed by atoms with Crippen LogP contribution in [0.15, 0.2) is 30.3 Å². The lowest BCUT2D eigenvalue weighted by molar-refractivity contribution is 0.571. The largest absolute Gasteiger partial charge is 0.207 e. The third kappa shape index (κ3) is 4.32. The van der Waals surface area contributed by atoms with Gasteiger partial charge >= 0.3 is 0 Å². The van der Waals surface area contributed by atoms with E-state index in [1.165, 1.54) is 6.07 Å². The Hall–Kier alpha value is -1.05. The van der Waals surface area contributed by atoms with E-state index in [2.05, 4.69) is 41.5 Å². The first-order valence-electron chi connectivity index (χ1n) is 8.17. The molecular weight excluding hydrogens is 342 g/mol. The summed E-state index contributed by atoms with van der Waals surface area (Å²) < 4.78 is 13.9. The van der Waals surface area contributed by atoms with Gasteiger partial charge in [-0.05, 0) is 63.8 Å². The Bertz CT molecular complexity index is 750. The Labute approximate surface area is 155 Å². The molecule has 0 aromatic heterocycles. The highest BCUT2D eigenvalue weighted by molar-refractivity contribution is 6.42. The SMILES string of the molecule is CC(C)(C)c1ccc(F)cc1Cc1cc(Cl)c(Cl)cc1C(C)(C)C. The van der Waals surface area contributed by atoms with Crippen LogP contribution < -0.4 is 0 Å². The maximum atomic E-state index is 13.9. The van der Waals surface area contributed by atoms with Crippen molar-refractivity contribution in [3.05, 3.63) is 68.4 Å². The highest BCUT2D eigenvalue weighted by Gasteiger charge is 2.23. The predicted molar refractivity (Wildman–Crippen MR) is 103 cm³/mol. The van der Waals surface area contributed by atoms with Crippen LogP contribution in [0.1, 0.15) is 63.8 Å². The molecule has 0 atom stereocenters. The molecule has 0 unspecified atom stereocenters. The van der Waals surface area contributed by atoms with E-state index in [4.69, 9.17) is 23.2 Å². The molecule has 0 aliphatic heterocycles. The first-order valence-corrected chi connectivity index (χ1v) is 8.92. The van der Waals surface area contributed by atoms with Crippen LogP contribution in [0.25, 0.3) is 0 Å². The Morgan fingerprint density at radius 3 is 1.79 bits per heavy atom. The standard InChI is InChI=1S/C21H25Cl2F/c1-20(2,3)16-8-7-15(24)10-13(16)9-14-11-18(22)19(23)12-17(14)21(4,5)6/h7-8,10-12H,9H2,1-6H3. The smallest absolute Gasteiger partial charge is 0.123 e. The van der Waals surface area contributed by atoms with E-state index in [9.17, 15) is 4.39 Å². The molecule has 0 nitrogen and oxygen atoms in total. The summed E-state index contributed by atoms with van der Waals surface area (Å²) in [6.45, 7) is 12.9. The van der Waals surface area contributed by atoms with Crippen molar-refractivity contribution in [3.63, 3.8) is 0 Å². The number of benzene rings is 2. The molecule has 0 aliphatic rings. The summed E-state index contributed by atoms with van der Waals surface area (Å²) in [4.78, 5) is 0. The van der Waals surface area contributed by atoms with E-state index in [0.717, 1.165) is 22.3 Å². The van der Waals surface area contributed by atoms with Crippen molar-refractivity contribution in [2.24, 2.45) is 0 Å². The van der Waals surface area contributed by atoms with E-state index in [0.29, 0.717) is 16.5 Å². The minimum atomic E-state index is -0.213. The van der Waals surface area contributed by atoms with Crippen LogP contribution >= 0.6 is 23.2 Å². The fraction of sp³-hybridized carbons (Fsp3) is 0.429. The lowest BCUT2D eigenvalue weighted by Gasteiger charge is -2.27. The molecule has 0 radical (unpaired) electrons. The summed E-state index contributed by atoms with van der Waals surface area (Å²) in [5, 5.41) is 1.09. The normalized spacial score (nSPS) is 12.5. The van der Waals surface area contributed by atoms with Crippen LogP contribution in [0, 0.1) is 5.82 Å². The fourth-order valence-electron chi connectivity index (χ4n) is 3.08. The summed E-state index contributed by atoms with van der Waals surface area (Å²) in [6.07, 6.45) is 0.633. The van der Waals surface area contributed by atoms with Gasteiger partial charge in [-0.25, -0.2) is 4.39 Å². The zero-order valence-electron chi connectivity index (χ0n) is 15.2. The number of hydrogen-bond acceptors (Lipinski definition) is 0. The predicted octanol–water partition coefficient (Wildman–Crippen LogP) is 7.32. The van der Waals surface area contributed by atoms with Crippen molar-refractivity contribution < 1.29 is 4.39 Å². The Kier molecular flexibility index (Phi) is 5.37. The molecule has 2 aromatic rings. The second-order valence-electron chi connectivity index (χ2n) is 8.40. The van der Waals surface area contributed by atoms with Crippen molar-refractivity contribution in [2.75, 3.05) is 0 Å². The van der Waals surface area contributed by atoms with E-state index in [1.807, 2.05) is 18.2 Å². The quantitative estimate of drug-likeness (QED) is 0.522. The summed E-state index contributed by atoms with van der Waals surface area (Å²) in [6, 6.07) is 8.91. The molecule has 0 fully saturated rings. The Morgan fingerprint density at radius 2 is 1.25 bits per heavy atom. The maximum absolute atomic E-state index is 13.9. The first kappa shape index (κ1) is 19.3. The molecule has 0 saturated heterocycles. The molecule has 2 aromatic carbocycles. The minimum Gasteiger partial charge on any atom is -0.207 e. The van der Waals surface area contributed by atoms with Gasteiger partial charge in [0.25, 0.3) is 0 Å². The second-order valence-corrected chi connectivity index (χ2v) is 9.22. The Morgan fingerprint density at radius 1 is 0.750 bits per heavy atom. The van der Waals surface area contributed by atoms with Crippen molar-refractivity contribution >= 4 is 23.2 Å². The number of hydrogen-bond donors (Lipinski definition) is 0. The van der Waals surface area contributed by atoms with Gasteiger partial charge in [0.2, 0.25) is 0 Å². The summed E-state index contributed by atoms with van der Waals surface area (Å²) in [7, 11) is 0. The third-order valence-corrected chi connectivity index (χ3v) is 4.93. The highest BCUT2D eigenvalue weighted by Crippen LogP contribution is 2.36. The van der Waals surface area contributed by atoms with E-state index < -0.39 is 0 Å². The molecule has 130 valence electrons. The molecular formula is C21H25Cl2F. The van der Waals surface area contributed by atoms with Crippen LogP contribution in [0.2, 0.25) is 10.0 Å². The summed E-state index contributed by atoms with van der Waals surface area (Å²) in [5.41, 5.74) is 4.25. The van der Waals surface area contributed by atoms with Crippen LogP contribution in [0.5, 0.6) is 0 Å². The van der Waals surface area contributed by atoms with Crippen molar-refractivity contribution in [1.29, 1.82) is 0 Å². The molecule has 0 amide bonds. The fourth-order valence-corrected chi connectivity index (χ4v) is 3.43. The molecule has 0 saturated carbocycles. The zero-order chi connectivity index (χ0) is 18.3. The van der Waals surface area contributed by atoms with Crippen LogP contribution in [0.3, 0.4) is 0 Å². The monoisotopic (exact) mass is 366 g/mol. The summed E-state index contributed by atoms with van der Waals surface area (Å²) in [5.74, 6) is -0.213. The topological polar surface area (TPSA) is 0 Å². The van der Waals surface area contributed by atoms with Crippen LogP contribution in [-0.2, 0) is 17.3 Å². The van der Waals surface area contributed by atoms with Crippen molar-refractivity contribution in [1.82, 2.24) is 0 Å². The molecule has 3 heteroatoms. The van der Waals surface area contributed by atoms with Gasteiger partial charge in [0.15, 0.2) is 0 Å². The van der Waals surface area contributed by atoms with Crippen LogP contribution in [-0.4, -0.2) is 0 Å². The lowest BCUT2D eigenvalue weighted by Crippen LogP contribution is -2.17. The zero-order valence-corrected chi connectivity index (χ0v) is 16.7. The molecule has 0 spiro atoms. The molecule has 0 N–H and O–H groups in total. The Balaban J connectivity index is 2.61. The maximum Gasteiger partial charge on any atom is 0.123 e. The van der Waals surface area contributed by atoms with Gasteiger partial charge in [0, 0.05) is 0 Å². The van der Waals surface area contributed by atoms with Gasteiger partial charge in [-0.1, -0.05) is 70.8 Å². The van der Waals surface area contributed by atoms with E-state index in [-0.39, 0.29) is 16.6 Å². The van der Waals surface area contributed by atoms with Gasteiger partial charge in [-0.15, -0.1) is 0 Å². The van der Waals surface area contributed by atoms with Gasteiger partial charge in [-0.3, -0.25) is 0 Å². The average molecular weight is 367 g/mol. The van der Waals surface area contributed by atoms with E-state index >= 15 is 0 Å². The van der Waals surface area contributed by atoms with Gasteiger partial charge < -0.3 is 0 Å². The van der Waals surface area contributed by atoms with Crippen molar-refractivity contribution in [3.8, 4) is 0 Å². The van der Waals surface area contributed by atoms with Gasteiger partial charge in [0.1, 0.15) is 5.82 Å². The number of halogens is 3.